The van der Waals surface area contributed by atoms with E-state index in [4.69, 9.17) is 0 Å². The van der Waals surface area contributed by atoms with Gasteiger partial charge >= 0.3 is 0 Å². The number of aryl methyl sites for hydroxylation is 1. The Morgan fingerprint density at radius 1 is 1.12 bits per heavy atom. The first-order valence-corrected chi connectivity index (χ1v) is 6.29. The molecular formula is C13H25N3. The van der Waals surface area contributed by atoms with Crippen molar-refractivity contribution in [1.82, 2.24) is 15.3 Å². The molecule has 0 bridgehead atoms. The Bertz CT molecular complexity index is 283. The lowest BCUT2D eigenvalue weighted by Gasteiger charge is -1.97. The lowest BCUT2D eigenvalue weighted by atomic mass is 10.2. The number of nitrogens with one attached hydrogen (secondary N) is 1. The van der Waals surface area contributed by atoms with E-state index in [1.54, 1.807) is 6.33 Å². The van der Waals surface area contributed by atoms with Crippen LogP contribution >= 0.6 is 0 Å². The SMILES string of the molecule is CC.CCCC.Cc1ncnc2c1CNC2. The van der Waals surface area contributed by atoms with Gasteiger partial charge in [-0.15, -0.1) is 0 Å². The second kappa shape index (κ2) is 9.28. The normalized spacial score (nSPS) is 11.8. The molecule has 0 aliphatic carbocycles. The summed E-state index contributed by atoms with van der Waals surface area (Å²) in [5.41, 5.74) is 3.55. The molecule has 0 radical (unpaired) electrons. The van der Waals surface area contributed by atoms with Crippen molar-refractivity contribution >= 4 is 0 Å². The second-order valence-electron chi connectivity index (χ2n) is 3.49. The van der Waals surface area contributed by atoms with Gasteiger partial charge in [0.05, 0.1) is 5.69 Å². The number of unbranched alkanes of at least 4 members (excludes halogenated alkanes) is 1. The van der Waals surface area contributed by atoms with Crippen LogP contribution in [0.5, 0.6) is 0 Å². The lowest BCUT2D eigenvalue weighted by Crippen LogP contribution is -2.00. The minimum Gasteiger partial charge on any atom is -0.307 e. The van der Waals surface area contributed by atoms with Crippen LogP contribution in [0.3, 0.4) is 0 Å². The predicted molar refractivity (Wildman–Crippen MR) is 69.2 cm³/mol. The highest BCUT2D eigenvalue weighted by Gasteiger charge is 2.12. The molecule has 0 saturated heterocycles. The summed E-state index contributed by atoms with van der Waals surface area (Å²) in [7, 11) is 0. The van der Waals surface area contributed by atoms with Gasteiger partial charge in [0.1, 0.15) is 6.33 Å². The van der Waals surface area contributed by atoms with Gasteiger partial charge in [-0.1, -0.05) is 40.5 Å². The molecule has 0 aromatic carbocycles. The van der Waals surface area contributed by atoms with Crippen LogP contribution in [-0.4, -0.2) is 9.97 Å². The van der Waals surface area contributed by atoms with Gasteiger partial charge in [0, 0.05) is 24.3 Å². The maximum Gasteiger partial charge on any atom is 0.115 e. The van der Waals surface area contributed by atoms with Crippen molar-refractivity contribution in [3.05, 3.63) is 23.3 Å². The van der Waals surface area contributed by atoms with Crippen molar-refractivity contribution in [2.45, 2.75) is 60.5 Å². The van der Waals surface area contributed by atoms with Crippen molar-refractivity contribution in [3.63, 3.8) is 0 Å². The van der Waals surface area contributed by atoms with Gasteiger partial charge in [0.2, 0.25) is 0 Å². The number of hydrogen-bond acceptors (Lipinski definition) is 3. The Morgan fingerprint density at radius 2 is 1.75 bits per heavy atom. The van der Waals surface area contributed by atoms with Gasteiger partial charge in [-0.25, -0.2) is 9.97 Å². The van der Waals surface area contributed by atoms with Crippen LogP contribution in [0.4, 0.5) is 0 Å². The summed E-state index contributed by atoms with van der Waals surface area (Å²) in [5.74, 6) is 0. The van der Waals surface area contributed by atoms with Crippen LogP contribution in [0.15, 0.2) is 6.33 Å². The fraction of sp³-hybridized carbons (Fsp3) is 0.692. The van der Waals surface area contributed by atoms with Crippen LogP contribution in [0.2, 0.25) is 0 Å². The first-order chi connectivity index (χ1) is 7.79. The third-order valence-corrected chi connectivity index (χ3v) is 2.34. The molecule has 0 atom stereocenters. The Morgan fingerprint density at radius 3 is 2.25 bits per heavy atom. The highest BCUT2D eigenvalue weighted by Crippen LogP contribution is 2.13. The van der Waals surface area contributed by atoms with Crippen LogP contribution in [0, 0.1) is 6.92 Å². The van der Waals surface area contributed by atoms with E-state index in [0.717, 1.165) is 24.5 Å². The van der Waals surface area contributed by atoms with Gasteiger partial charge in [0.25, 0.3) is 0 Å². The molecule has 3 heteroatoms. The van der Waals surface area contributed by atoms with Gasteiger partial charge in [-0.05, 0) is 6.92 Å². The minimum absolute atomic E-state index is 0.901. The molecule has 0 amide bonds. The van der Waals surface area contributed by atoms with Gasteiger partial charge in [-0.3, -0.25) is 0 Å². The number of rotatable bonds is 1. The van der Waals surface area contributed by atoms with Crippen molar-refractivity contribution in [3.8, 4) is 0 Å². The number of nitrogens with zero attached hydrogens (tertiary/aromatic N) is 2. The molecule has 92 valence electrons. The molecule has 1 aromatic rings. The van der Waals surface area contributed by atoms with Gasteiger partial charge in [0.15, 0.2) is 0 Å². The van der Waals surface area contributed by atoms with E-state index in [1.165, 1.54) is 18.4 Å². The van der Waals surface area contributed by atoms with E-state index in [1.807, 2.05) is 20.8 Å². The topological polar surface area (TPSA) is 37.8 Å². The van der Waals surface area contributed by atoms with E-state index in [9.17, 15) is 0 Å². The average Bonchev–Trinajstić information content (AvgIpc) is 2.82. The van der Waals surface area contributed by atoms with Crippen molar-refractivity contribution in [1.29, 1.82) is 0 Å². The quantitative estimate of drug-likeness (QED) is 0.794. The Kier molecular flexibility index (Phi) is 8.72. The third-order valence-electron chi connectivity index (χ3n) is 2.34. The zero-order chi connectivity index (χ0) is 12.4. The standard InChI is InChI=1S/C7H9N3.C4H10.C2H6/c1-5-6-2-8-3-7(6)10-4-9-5;1-3-4-2;1-2/h4,8H,2-3H2,1H3;3-4H2,1-2H3;1-2H3. The molecule has 0 saturated carbocycles. The van der Waals surface area contributed by atoms with Crippen molar-refractivity contribution in [2.75, 3.05) is 0 Å². The van der Waals surface area contributed by atoms with E-state index >= 15 is 0 Å². The smallest absolute Gasteiger partial charge is 0.115 e. The fourth-order valence-corrected chi connectivity index (χ4v) is 1.24. The largest absolute Gasteiger partial charge is 0.307 e. The summed E-state index contributed by atoms with van der Waals surface area (Å²) >= 11 is 0. The Hall–Kier alpha value is -0.960. The Balaban J connectivity index is 0.000000323. The zero-order valence-electron chi connectivity index (χ0n) is 11.3. The molecule has 1 N–H and O–H groups in total. The second-order valence-corrected chi connectivity index (χ2v) is 3.49. The molecule has 0 fully saturated rings. The maximum atomic E-state index is 4.15. The van der Waals surface area contributed by atoms with Crippen molar-refractivity contribution < 1.29 is 0 Å². The summed E-state index contributed by atoms with van der Waals surface area (Å²) in [6.07, 6.45) is 4.27. The molecule has 0 spiro atoms. The Labute approximate surface area is 99.7 Å². The van der Waals surface area contributed by atoms with Crippen LogP contribution in [0.1, 0.15) is 57.5 Å². The summed E-state index contributed by atoms with van der Waals surface area (Å²) < 4.78 is 0. The molecule has 16 heavy (non-hydrogen) atoms. The van der Waals surface area contributed by atoms with E-state index in [2.05, 4.69) is 29.1 Å². The molecule has 2 heterocycles. The number of hydrogen-bond donors (Lipinski definition) is 1. The van der Waals surface area contributed by atoms with Gasteiger partial charge in [-0.2, -0.15) is 0 Å². The minimum atomic E-state index is 0.901. The molecular weight excluding hydrogens is 198 g/mol. The zero-order valence-corrected chi connectivity index (χ0v) is 11.3. The molecule has 1 aromatic heterocycles. The van der Waals surface area contributed by atoms with Crippen LogP contribution in [-0.2, 0) is 13.1 Å². The van der Waals surface area contributed by atoms with E-state index < -0.39 is 0 Å². The third kappa shape index (κ3) is 4.71. The highest BCUT2D eigenvalue weighted by atomic mass is 15.0. The molecule has 1 aliphatic heterocycles. The number of aromatic nitrogens is 2. The first kappa shape index (κ1) is 15.0. The van der Waals surface area contributed by atoms with Crippen LogP contribution in [0.25, 0.3) is 0 Å². The maximum absolute atomic E-state index is 4.15. The lowest BCUT2D eigenvalue weighted by molar-refractivity contribution is 0.756. The van der Waals surface area contributed by atoms with Crippen molar-refractivity contribution in [2.24, 2.45) is 0 Å². The molecule has 3 nitrogen and oxygen atoms in total. The highest BCUT2D eigenvalue weighted by molar-refractivity contribution is 5.26. The van der Waals surface area contributed by atoms with E-state index in [0.29, 0.717) is 0 Å². The monoisotopic (exact) mass is 223 g/mol. The summed E-state index contributed by atoms with van der Waals surface area (Å²) in [5, 5.41) is 3.23. The first-order valence-electron chi connectivity index (χ1n) is 6.29. The molecule has 1 aliphatic rings. The van der Waals surface area contributed by atoms with Gasteiger partial charge < -0.3 is 5.32 Å². The van der Waals surface area contributed by atoms with Crippen LogP contribution < -0.4 is 5.32 Å². The predicted octanol–water partition coefficient (Wildman–Crippen LogP) is 3.22. The summed E-state index contributed by atoms with van der Waals surface area (Å²) in [4.78, 5) is 8.25. The molecule has 2 rings (SSSR count). The van der Waals surface area contributed by atoms with E-state index in [-0.39, 0.29) is 0 Å². The number of fused-ring (bicyclic) bond motifs is 1. The molecule has 0 unspecified atom stereocenters. The average molecular weight is 223 g/mol. The summed E-state index contributed by atoms with van der Waals surface area (Å²) in [6.45, 7) is 12.2. The fourth-order valence-electron chi connectivity index (χ4n) is 1.24. The summed E-state index contributed by atoms with van der Waals surface area (Å²) in [6, 6.07) is 0.